The summed E-state index contributed by atoms with van der Waals surface area (Å²) < 4.78 is 4.64. The van der Waals surface area contributed by atoms with Gasteiger partial charge in [0.15, 0.2) is 5.52 Å². The van der Waals surface area contributed by atoms with Crippen molar-refractivity contribution in [2.24, 2.45) is 7.05 Å². The van der Waals surface area contributed by atoms with Gasteiger partial charge in [0.25, 0.3) is 6.33 Å². The molecule has 0 aliphatic carbocycles. The van der Waals surface area contributed by atoms with Crippen LogP contribution < -0.4 is 4.57 Å². The van der Waals surface area contributed by atoms with Crippen LogP contribution in [-0.2, 0) is 7.05 Å². The first-order valence-electron chi connectivity index (χ1n) is 10.3. The number of nitrogens with zero attached hydrogens (tertiary/aromatic N) is 3. The van der Waals surface area contributed by atoms with Gasteiger partial charge in [-0.1, -0.05) is 38.1 Å². The number of benzene rings is 3. The normalized spacial score (nSPS) is 12.6. The van der Waals surface area contributed by atoms with Crippen molar-refractivity contribution in [3.63, 3.8) is 0 Å². The summed E-state index contributed by atoms with van der Waals surface area (Å²) in [5.41, 5.74) is 10.1. The zero-order valence-corrected chi connectivity index (χ0v) is 17.5. The van der Waals surface area contributed by atoms with Crippen LogP contribution in [-0.4, -0.2) is 9.38 Å². The number of aromatic nitrogens is 3. The van der Waals surface area contributed by atoms with Crippen molar-refractivity contribution in [1.82, 2.24) is 9.38 Å². The molecule has 0 bridgehead atoms. The molecule has 6 rings (SSSR count). The van der Waals surface area contributed by atoms with E-state index in [-0.39, 0.29) is 0 Å². The molecule has 3 heterocycles. The van der Waals surface area contributed by atoms with Crippen LogP contribution in [0.25, 0.3) is 49.1 Å². The smallest absolute Gasteiger partial charge is 0.287 e. The second-order valence-corrected chi connectivity index (χ2v) is 8.74. The van der Waals surface area contributed by atoms with Gasteiger partial charge in [-0.25, -0.2) is 4.57 Å². The quantitative estimate of drug-likeness (QED) is 0.197. The second-order valence-electron chi connectivity index (χ2n) is 8.74. The second kappa shape index (κ2) is 5.44. The van der Waals surface area contributed by atoms with Crippen LogP contribution in [0, 0.1) is 13.8 Å². The average Bonchev–Trinajstić information content (AvgIpc) is 3.04. The molecule has 3 nitrogen and oxygen atoms in total. The van der Waals surface area contributed by atoms with Gasteiger partial charge < -0.3 is 4.40 Å². The molecule has 3 aromatic heterocycles. The van der Waals surface area contributed by atoms with E-state index in [4.69, 9.17) is 4.98 Å². The van der Waals surface area contributed by atoms with E-state index in [2.05, 4.69) is 86.2 Å². The van der Waals surface area contributed by atoms with Crippen LogP contribution in [0.15, 0.2) is 48.8 Å². The number of aryl methyl sites for hydroxylation is 3. The lowest BCUT2D eigenvalue weighted by Gasteiger charge is -2.15. The topological polar surface area (TPSA) is 21.2 Å². The fourth-order valence-corrected chi connectivity index (χ4v) is 5.07. The average molecular weight is 378 g/mol. The summed E-state index contributed by atoms with van der Waals surface area (Å²) in [7, 11) is 2.12. The lowest BCUT2D eigenvalue weighted by molar-refractivity contribution is -0.647. The molecule has 0 amide bonds. The maximum atomic E-state index is 4.88. The van der Waals surface area contributed by atoms with Gasteiger partial charge in [-0.3, -0.25) is 0 Å². The van der Waals surface area contributed by atoms with Gasteiger partial charge in [0, 0.05) is 10.8 Å². The van der Waals surface area contributed by atoms with Gasteiger partial charge in [-0.05, 0) is 65.0 Å². The Morgan fingerprint density at radius 1 is 0.966 bits per heavy atom. The van der Waals surface area contributed by atoms with Crippen LogP contribution in [0.4, 0.5) is 0 Å². The summed E-state index contributed by atoms with van der Waals surface area (Å²) in [5, 5.41) is 5.23. The van der Waals surface area contributed by atoms with Crippen LogP contribution in [0.5, 0.6) is 0 Å². The van der Waals surface area contributed by atoms with Crippen LogP contribution in [0.2, 0.25) is 0 Å². The molecule has 3 heteroatoms. The summed E-state index contributed by atoms with van der Waals surface area (Å²) in [6.07, 6.45) is 1.97. The minimum absolute atomic E-state index is 0.491. The number of pyridine rings is 1. The Kier molecular flexibility index (Phi) is 3.14. The highest BCUT2D eigenvalue weighted by atomic mass is 15.0. The SMILES string of the molecule is Cc1cc2cccc3c2c(c1C)c1c2c(nc[n+]1C)c1ccc(C(C)C)cc1n32. The molecule has 3 aromatic carbocycles. The molecule has 0 spiro atoms. The minimum Gasteiger partial charge on any atom is -0.302 e. The third-order valence-electron chi connectivity index (χ3n) is 6.71. The highest BCUT2D eigenvalue weighted by Gasteiger charge is 2.25. The van der Waals surface area contributed by atoms with E-state index in [1.54, 1.807) is 0 Å². The lowest BCUT2D eigenvalue weighted by atomic mass is 9.95. The maximum absolute atomic E-state index is 4.88. The van der Waals surface area contributed by atoms with E-state index < -0.39 is 0 Å². The third-order valence-corrected chi connectivity index (χ3v) is 6.71. The van der Waals surface area contributed by atoms with Gasteiger partial charge in [-0.2, -0.15) is 0 Å². The fraction of sp³-hybridized carbons (Fsp3) is 0.231. The summed E-state index contributed by atoms with van der Waals surface area (Å²) in [6, 6.07) is 15.9. The first kappa shape index (κ1) is 16.7. The van der Waals surface area contributed by atoms with Crippen molar-refractivity contribution >= 4 is 49.1 Å². The molecule has 0 saturated heterocycles. The van der Waals surface area contributed by atoms with Crippen LogP contribution >= 0.6 is 0 Å². The van der Waals surface area contributed by atoms with E-state index in [1.165, 1.54) is 60.3 Å². The van der Waals surface area contributed by atoms with Crippen LogP contribution in [0.1, 0.15) is 36.5 Å². The zero-order chi connectivity index (χ0) is 20.0. The number of hydrogen-bond donors (Lipinski definition) is 0. The largest absolute Gasteiger partial charge is 0.302 e. The summed E-state index contributed by atoms with van der Waals surface area (Å²) >= 11 is 0. The molecule has 6 aromatic rings. The molecule has 29 heavy (non-hydrogen) atoms. The Morgan fingerprint density at radius 2 is 1.79 bits per heavy atom. The van der Waals surface area contributed by atoms with E-state index in [9.17, 15) is 0 Å². The van der Waals surface area contributed by atoms with Gasteiger partial charge in [0.2, 0.25) is 5.52 Å². The molecule has 0 aliphatic heterocycles. The molecular formula is C26H24N3+. The lowest BCUT2D eigenvalue weighted by Crippen LogP contribution is -2.30. The van der Waals surface area contributed by atoms with E-state index in [0.29, 0.717) is 5.92 Å². The van der Waals surface area contributed by atoms with Gasteiger partial charge in [0.1, 0.15) is 5.52 Å². The first-order valence-corrected chi connectivity index (χ1v) is 10.3. The minimum atomic E-state index is 0.491. The Bertz CT molecular complexity index is 1600. The molecule has 0 radical (unpaired) electrons. The molecule has 0 unspecified atom stereocenters. The fourth-order valence-electron chi connectivity index (χ4n) is 5.07. The highest BCUT2D eigenvalue weighted by molar-refractivity contribution is 6.25. The molecule has 0 fully saturated rings. The number of hydrogen-bond acceptors (Lipinski definition) is 1. The van der Waals surface area contributed by atoms with Gasteiger partial charge in [0.05, 0.1) is 23.5 Å². The van der Waals surface area contributed by atoms with E-state index in [1.807, 2.05) is 6.33 Å². The Hall–Kier alpha value is -3.20. The Morgan fingerprint density at radius 3 is 2.59 bits per heavy atom. The van der Waals surface area contributed by atoms with E-state index >= 15 is 0 Å². The van der Waals surface area contributed by atoms with Crippen molar-refractivity contribution in [2.45, 2.75) is 33.6 Å². The predicted molar refractivity (Wildman–Crippen MR) is 121 cm³/mol. The monoisotopic (exact) mass is 378 g/mol. The highest BCUT2D eigenvalue weighted by Crippen LogP contribution is 2.40. The molecule has 142 valence electrons. The van der Waals surface area contributed by atoms with Gasteiger partial charge >= 0.3 is 0 Å². The molecule has 0 aliphatic rings. The van der Waals surface area contributed by atoms with Crippen molar-refractivity contribution < 1.29 is 4.57 Å². The first-order chi connectivity index (χ1) is 14.0. The molecular weight excluding hydrogens is 354 g/mol. The van der Waals surface area contributed by atoms with E-state index in [0.717, 1.165) is 5.52 Å². The summed E-state index contributed by atoms with van der Waals surface area (Å²) in [4.78, 5) is 4.88. The van der Waals surface area contributed by atoms with Crippen molar-refractivity contribution in [3.05, 3.63) is 65.5 Å². The Balaban J connectivity index is 2.06. The van der Waals surface area contributed by atoms with Crippen LogP contribution in [0.3, 0.4) is 0 Å². The molecule has 0 saturated carbocycles. The summed E-state index contributed by atoms with van der Waals surface area (Å²) in [6.45, 7) is 8.98. The summed E-state index contributed by atoms with van der Waals surface area (Å²) in [5.74, 6) is 0.491. The third kappa shape index (κ3) is 1.97. The maximum Gasteiger partial charge on any atom is 0.287 e. The van der Waals surface area contributed by atoms with Crippen molar-refractivity contribution in [3.8, 4) is 0 Å². The molecule has 0 N–H and O–H groups in total. The number of rotatable bonds is 1. The Labute approximate surface area is 169 Å². The van der Waals surface area contributed by atoms with Crippen molar-refractivity contribution in [1.29, 1.82) is 0 Å². The predicted octanol–water partition coefficient (Wildman–Crippen LogP) is 5.95. The zero-order valence-electron chi connectivity index (χ0n) is 17.5. The van der Waals surface area contributed by atoms with Gasteiger partial charge in [-0.15, -0.1) is 0 Å². The standard InChI is InChI=1S/C26H24N3/c1-14(2)17-9-10-19-21(12-17)29-20-8-6-7-18-11-15(3)16(4)22(23(18)20)25-26(29)24(19)27-13-28(25)5/h6-14H,1-5H3/q+1. The number of fused-ring (bicyclic) bond motifs is 5. The molecule has 0 atom stereocenters. The van der Waals surface area contributed by atoms with Crippen molar-refractivity contribution in [2.75, 3.05) is 0 Å².